The van der Waals surface area contributed by atoms with E-state index in [1.807, 2.05) is 22.9 Å². The summed E-state index contributed by atoms with van der Waals surface area (Å²) in [6, 6.07) is 5.68. The molecule has 0 unspecified atom stereocenters. The van der Waals surface area contributed by atoms with Gasteiger partial charge in [-0.25, -0.2) is 9.67 Å². The Morgan fingerprint density at radius 1 is 1.27 bits per heavy atom. The van der Waals surface area contributed by atoms with Crippen molar-refractivity contribution in [2.45, 2.75) is 19.8 Å². The van der Waals surface area contributed by atoms with Gasteiger partial charge in [0.15, 0.2) is 5.82 Å². The van der Waals surface area contributed by atoms with Gasteiger partial charge in [-0.1, -0.05) is 25.4 Å². The standard InChI is InChI=1S/C11H12ClN3/c1-8(2)10-5-6-14-15(10)11-4-3-9(12)7-13-11/h3-8H,1-2H3. The number of hydrogen-bond donors (Lipinski definition) is 0. The molecule has 0 aliphatic rings. The highest BCUT2D eigenvalue weighted by Gasteiger charge is 2.08. The smallest absolute Gasteiger partial charge is 0.153 e. The molecular formula is C11H12ClN3. The van der Waals surface area contributed by atoms with Crippen molar-refractivity contribution in [1.82, 2.24) is 14.8 Å². The number of nitrogens with zero attached hydrogens (tertiary/aromatic N) is 3. The molecule has 0 aliphatic carbocycles. The van der Waals surface area contributed by atoms with Gasteiger partial charge in [0.2, 0.25) is 0 Å². The van der Waals surface area contributed by atoms with Gasteiger partial charge in [0, 0.05) is 18.1 Å². The molecule has 0 N–H and O–H groups in total. The van der Waals surface area contributed by atoms with Gasteiger partial charge in [0.1, 0.15) is 0 Å². The lowest BCUT2D eigenvalue weighted by Gasteiger charge is -2.08. The zero-order chi connectivity index (χ0) is 10.8. The summed E-state index contributed by atoms with van der Waals surface area (Å²) in [5.74, 6) is 1.22. The van der Waals surface area contributed by atoms with Crippen molar-refractivity contribution in [3.8, 4) is 5.82 Å². The van der Waals surface area contributed by atoms with E-state index >= 15 is 0 Å². The predicted molar refractivity (Wildman–Crippen MR) is 60.5 cm³/mol. The van der Waals surface area contributed by atoms with Crippen LogP contribution in [0.4, 0.5) is 0 Å². The van der Waals surface area contributed by atoms with Gasteiger partial charge in [-0.15, -0.1) is 0 Å². The minimum atomic E-state index is 0.421. The fraction of sp³-hybridized carbons (Fsp3) is 0.273. The Morgan fingerprint density at radius 3 is 2.67 bits per heavy atom. The quantitative estimate of drug-likeness (QED) is 0.781. The van der Waals surface area contributed by atoms with Gasteiger partial charge < -0.3 is 0 Å². The molecule has 0 atom stereocenters. The number of aromatic nitrogens is 3. The van der Waals surface area contributed by atoms with Crippen LogP contribution in [0.1, 0.15) is 25.5 Å². The van der Waals surface area contributed by atoms with E-state index in [9.17, 15) is 0 Å². The first-order valence-corrected chi connectivity index (χ1v) is 5.22. The molecule has 15 heavy (non-hydrogen) atoms. The van der Waals surface area contributed by atoms with Crippen LogP contribution < -0.4 is 0 Å². The summed E-state index contributed by atoms with van der Waals surface area (Å²) >= 11 is 5.78. The predicted octanol–water partition coefficient (Wildman–Crippen LogP) is 3.04. The fourth-order valence-electron chi connectivity index (χ4n) is 1.44. The van der Waals surface area contributed by atoms with Gasteiger partial charge in [-0.2, -0.15) is 5.10 Å². The monoisotopic (exact) mass is 221 g/mol. The zero-order valence-corrected chi connectivity index (χ0v) is 9.44. The molecule has 78 valence electrons. The number of rotatable bonds is 2. The third-order valence-corrected chi connectivity index (χ3v) is 2.42. The van der Waals surface area contributed by atoms with Gasteiger partial charge in [0.25, 0.3) is 0 Å². The molecule has 0 fully saturated rings. The first-order valence-electron chi connectivity index (χ1n) is 4.84. The Hall–Kier alpha value is -1.35. The highest BCUT2D eigenvalue weighted by molar-refractivity contribution is 6.30. The Bertz CT molecular complexity index is 445. The van der Waals surface area contributed by atoms with Gasteiger partial charge in [-0.3, -0.25) is 0 Å². The van der Waals surface area contributed by atoms with Crippen molar-refractivity contribution >= 4 is 11.6 Å². The first-order chi connectivity index (χ1) is 7.18. The Labute approximate surface area is 93.7 Å². The van der Waals surface area contributed by atoms with Crippen LogP contribution in [0.15, 0.2) is 30.6 Å². The highest BCUT2D eigenvalue weighted by Crippen LogP contribution is 2.17. The second-order valence-electron chi connectivity index (χ2n) is 3.66. The van der Waals surface area contributed by atoms with Crippen LogP contribution >= 0.6 is 11.6 Å². The van der Waals surface area contributed by atoms with E-state index in [0.717, 1.165) is 11.5 Å². The molecule has 4 heteroatoms. The summed E-state index contributed by atoms with van der Waals surface area (Å²) in [6.07, 6.45) is 3.41. The van der Waals surface area contributed by atoms with E-state index in [4.69, 9.17) is 11.6 Å². The van der Waals surface area contributed by atoms with Crippen LogP contribution in [0.2, 0.25) is 5.02 Å². The van der Waals surface area contributed by atoms with E-state index in [2.05, 4.69) is 23.9 Å². The van der Waals surface area contributed by atoms with Crippen LogP contribution in [0.3, 0.4) is 0 Å². The number of halogens is 1. The van der Waals surface area contributed by atoms with Gasteiger partial charge >= 0.3 is 0 Å². The number of hydrogen-bond acceptors (Lipinski definition) is 2. The lowest BCUT2D eigenvalue weighted by molar-refractivity contribution is 0.721. The third-order valence-electron chi connectivity index (χ3n) is 2.19. The molecule has 0 aromatic carbocycles. The lowest BCUT2D eigenvalue weighted by atomic mass is 10.1. The van der Waals surface area contributed by atoms with E-state index in [1.165, 1.54) is 0 Å². The molecule has 0 radical (unpaired) electrons. The van der Waals surface area contributed by atoms with Crippen LogP contribution in [0.25, 0.3) is 5.82 Å². The summed E-state index contributed by atoms with van der Waals surface area (Å²) in [4.78, 5) is 4.23. The Kier molecular flexibility index (Phi) is 2.73. The van der Waals surface area contributed by atoms with Crippen LogP contribution in [-0.4, -0.2) is 14.8 Å². The fourth-order valence-corrected chi connectivity index (χ4v) is 1.55. The molecular weight excluding hydrogens is 210 g/mol. The number of pyridine rings is 1. The average molecular weight is 222 g/mol. The molecule has 3 nitrogen and oxygen atoms in total. The topological polar surface area (TPSA) is 30.7 Å². The van der Waals surface area contributed by atoms with Crippen molar-refractivity contribution in [2.24, 2.45) is 0 Å². The summed E-state index contributed by atoms with van der Waals surface area (Å²) in [5, 5.41) is 4.88. The second-order valence-corrected chi connectivity index (χ2v) is 4.09. The Balaban J connectivity index is 2.45. The first kappa shape index (κ1) is 10.2. The highest BCUT2D eigenvalue weighted by atomic mass is 35.5. The van der Waals surface area contributed by atoms with E-state index in [-0.39, 0.29) is 0 Å². The maximum atomic E-state index is 5.78. The molecule has 2 rings (SSSR count). The Morgan fingerprint density at radius 2 is 2.07 bits per heavy atom. The summed E-state index contributed by atoms with van der Waals surface area (Å²) < 4.78 is 1.83. The molecule has 0 saturated heterocycles. The van der Waals surface area contributed by atoms with E-state index < -0.39 is 0 Å². The maximum Gasteiger partial charge on any atom is 0.153 e. The van der Waals surface area contributed by atoms with E-state index in [0.29, 0.717) is 10.9 Å². The second kappa shape index (κ2) is 4.03. The summed E-state index contributed by atoms with van der Waals surface area (Å²) in [5.41, 5.74) is 1.14. The molecule has 0 aliphatic heterocycles. The van der Waals surface area contributed by atoms with Crippen molar-refractivity contribution in [2.75, 3.05) is 0 Å². The lowest BCUT2D eigenvalue weighted by Crippen LogP contribution is -2.05. The molecule has 0 saturated carbocycles. The largest absolute Gasteiger partial charge is 0.236 e. The average Bonchev–Trinajstić information content (AvgIpc) is 2.67. The molecule has 0 bridgehead atoms. The molecule has 2 aromatic rings. The third kappa shape index (κ3) is 2.02. The molecule has 0 amide bonds. The molecule has 2 aromatic heterocycles. The van der Waals surface area contributed by atoms with Crippen molar-refractivity contribution in [3.63, 3.8) is 0 Å². The van der Waals surface area contributed by atoms with Crippen molar-refractivity contribution < 1.29 is 0 Å². The minimum absolute atomic E-state index is 0.421. The summed E-state index contributed by atoms with van der Waals surface area (Å²) in [6.45, 7) is 4.26. The normalized spacial score (nSPS) is 10.9. The van der Waals surface area contributed by atoms with Gasteiger partial charge in [0.05, 0.1) is 5.02 Å². The van der Waals surface area contributed by atoms with Crippen LogP contribution in [0, 0.1) is 0 Å². The van der Waals surface area contributed by atoms with Crippen molar-refractivity contribution in [1.29, 1.82) is 0 Å². The minimum Gasteiger partial charge on any atom is -0.236 e. The molecule has 0 spiro atoms. The summed E-state index contributed by atoms with van der Waals surface area (Å²) in [7, 11) is 0. The zero-order valence-electron chi connectivity index (χ0n) is 8.68. The van der Waals surface area contributed by atoms with Crippen LogP contribution in [-0.2, 0) is 0 Å². The SMILES string of the molecule is CC(C)c1ccnn1-c1ccc(Cl)cn1. The maximum absolute atomic E-state index is 5.78. The van der Waals surface area contributed by atoms with Gasteiger partial charge in [-0.05, 0) is 24.1 Å². The van der Waals surface area contributed by atoms with Crippen molar-refractivity contribution in [3.05, 3.63) is 41.3 Å². The van der Waals surface area contributed by atoms with E-state index in [1.54, 1.807) is 12.4 Å². The molecule has 2 heterocycles. The van der Waals surface area contributed by atoms with Crippen LogP contribution in [0.5, 0.6) is 0 Å².